The quantitative estimate of drug-likeness (QED) is 0.551. The lowest BCUT2D eigenvalue weighted by Crippen LogP contribution is -2.20. The number of carbonyl (C=O) groups excluding carboxylic acids is 2. The molecule has 0 radical (unpaired) electrons. The minimum absolute atomic E-state index is 0.00571. The number of nitrogens with one attached hydrogen (secondary N) is 1. The van der Waals surface area contributed by atoms with E-state index in [2.05, 4.69) is 21.2 Å². The van der Waals surface area contributed by atoms with Gasteiger partial charge in [0.1, 0.15) is 0 Å². The molecule has 0 aliphatic heterocycles. The Morgan fingerprint density at radius 3 is 2.69 bits per heavy atom. The molecule has 0 spiro atoms. The molecule has 26 heavy (non-hydrogen) atoms. The summed E-state index contributed by atoms with van der Waals surface area (Å²) >= 11 is 3.36. The van der Waals surface area contributed by atoms with E-state index in [9.17, 15) is 14.7 Å². The highest BCUT2D eigenvalue weighted by molar-refractivity contribution is 9.10. The number of rotatable bonds is 6. The lowest BCUT2D eigenvalue weighted by molar-refractivity contribution is -0.142. The summed E-state index contributed by atoms with van der Waals surface area (Å²) < 4.78 is 10.6. The van der Waals surface area contributed by atoms with Crippen LogP contribution < -0.4 is 10.1 Å². The van der Waals surface area contributed by atoms with Crippen LogP contribution in [0.4, 0.5) is 5.69 Å². The molecule has 0 saturated carbocycles. The molecule has 7 heteroatoms. The maximum Gasteiger partial charge on any atom is 0.331 e. The van der Waals surface area contributed by atoms with E-state index in [1.807, 2.05) is 19.1 Å². The fraction of sp³-hybridized carbons (Fsp3) is 0.158. The first-order chi connectivity index (χ1) is 12.4. The molecule has 0 bridgehead atoms. The summed E-state index contributed by atoms with van der Waals surface area (Å²) in [6.45, 7) is 1.54. The van der Waals surface area contributed by atoms with E-state index in [0.29, 0.717) is 17.0 Å². The third-order valence-electron chi connectivity index (χ3n) is 3.36. The van der Waals surface area contributed by atoms with Crippen molar-refractivity contribution >= 4 is 39.6 Å². The van der Waals surface area contributed by atoms with Crippen molar-refractivity contribution in [3.63, 3.8) is 0 Å². The molecule has 2 N–H and O–H groups in total. The molecule has 0 saturated heterocycles. The number of methoxy groups -OCH3 is 1. The molecule has 0 atom stereocenters. The molecule has 0 aliphatic carbocycles. The highest BCUT2D eigenvalue weighted by Crippen LogP contribution is 2.26. The predicted molar refractivity (Wildman–Crippen MR) is 102 cm³/mol. The van der Waals surface area contributed by atoms with Gasteiger partial charge in [-0.1, -0.05) is 12.1 Å². The van der Waals surface area contributed by atoms with Crippen molar-refractivity contribution in [1.82, 2.24) is 0 Å². The second kappa shape index (κ2) is 9.05. The number of benzene rings is 2. The van der Waals surface area contributed by atoms with E-state index in [1.54, 1.807) is 18.2 Å². The van der Waals surface area contributed by atoms with Crippen molar-refractivity contribution in [2.75, 3.05) is 19.0 Å². The van der Waals surface area contributed by atoms with Gasteiger partial charge in [0, 0.05) is 10.5 Å². The summed E-state index contributed by atoms with van der Waals surface area (Å²) in [7, 11) is 1.43. The topological polar surface area (TPSA) is 84.9 Å². The summed E-state index contributed by atoms with van der Waals surface area (Å²) in [6.07, 6.45) is 2.69. The maximum atomic E-state index is 11.9. The number of aryl methyl sites for hydroxylation is 1. The van der Waals surface area contributed by atoms with E-state index in [1.165, 1.54) is 25.3 Å². The van der Waals surface area contributed by atoms with Gasteiger partial charge in [0.25, 0.3) is 5.91 Å². The Morgan fingerprint density at radius 1 is 1.23 bits per heavy atom. The minimum atomic E-state index is -0.657. The van der Waals surface area contributed by atoms with Crippen LogP contribution in [-0.2, 0) is 14.3 Å². The van der Waals surface area contributed by atoms with Crippen molar-refractivity contribution in [3.8, 4) is 11.5 Å². The van der Waals surface area contributed by atoms with Crippen LogP contribution in [0.1, 0.15) is 11.1 Å². The first-order valence-electron chi connectivity index (χ1n) is 7.67. The molecule has 0 aromatic heterocycles. The van der Waals surface area contributed by atoms with Gasteiger partial charge in [0.2, 0.25) is 0 Å². The van der Waals surface area contributed by atoms with Crippen LogP contribution >= 0.6 is 15.9 Å². The number of amides is 1. The van der Waals surface area contributed by atoms with Gasteiger partial charge in [0.15, 0.2) is 18.1 Å². The molecule has 2 rings (SSSR count). The van der Waals surface area contributed by atoms with Gasteiger partial charge in [-0.3, -0.25) is 4.79 Å². The first kappa shape index (κ1) is 19.5. The van der Waals surface area contributed by atoms with Crippen LogP contribution in [0.15, 0.2) is 46.9 Å². The number of halogens is 1. The Bertz CT molecular complexity index is 848. The number of phenolic OH excluding ortho intramolecular Hbond substituents is 1. The van der Waals surface area contributed by atoms with Crippen LogP contribution in [0.25, 0.3) is 6.08 Å². The number of phenols is 1. The summed E-state index contributed by atoms with van der Waals surface area (Å²) in [4.78, 5) is 23.6. The molecule has 6 nitrogen and oxygen atoms in total. The minimum Gasteiger partial charge on any atom is -0.504 e. The fourth-order valence-corrected chi connectivity index (χ4v) is 2.65. The van der Waals surface area contributed by atoms with Gasteiger partial charge >= 0.3 is 5.97 Å². The van der Waals surface area contributed by atoms with Crippen LogP contribution in [0, 0.1) is 6.92 Å². The molecule has 136 valence electrons. The summed E-state index contributed by atoms with van der Waals surface area (Å²) in [5.74, 6) is -0.799. The summed E-state index contributed by atoms with van der Waals surface area (Å²) in [5, 5.41) is 12.2. The highest BCUT2D eigenvalue weighted by atomic mass is 79.9. The Labute approximate surface area is 159 Å². The fourth-order valence-electron chi connectivity index (χ4n) is 2.05. The van der Waals surface area contributed by atoms with Crippen LogP contribution in [0.5, 0.6) is 11.5 Å². The standard InChI is InChI=1S/C19H18BrNO5/c1-12-3-6-15(14(20)9-12)21-18(23)11-26-19(24)8-5-13-4-7-16(22)17(10-13)25-2/h3-10,22H,11H2,1-2H3,(H,21,23). The van der Waals surface area contributed by atoms with E-state index in [4.69, 9.17) is 9.47 Å². The molecule has 2 aromatic rings. The van der Waals surface area contributed by atoms with Crippen molar-refractivity contribution in [1.29, 1.82) is 0 Å². The maximum absolute atomic E-state index is 11.9. The van der Waals surface area contributed by atoms with E-state index in [-0.39, 0.29) is 5.75 Å². The van der Waals surface area contributed by atoms with Gasteiger partial charge in [-0.05, 0) is 64.3 Å². The van der Waals surface area contributed by atoms with Crippen LogP contribution in [-0.4, -0.2) is 30.7 Å². The van der Waals surface area contributed by atoms with Gasteiger partial charge < -0.3 is 19.9 Å². The number of hydrogen-bond donors (Lipinski definition) is 2. The number of hydrogen-bond acceptors (Lipinski definition) is 5. The third kappa shape index (κ3) is 5.63. The Morgan fingerprint density at radius 2 is 2.00 bits per heavy atom. The lowest BCUT2D eigenvalue weighted by atomic mass is 10.2. The van der Waals surface area contributed by atoms with Crippen molar-refractivity contribution in [3.05, 3.63) is 58.1 Å². The number of anilines is 1. The monoisotopic (exact) mass is 419 g/mol. The van der Waals surface area contributed by atoms with Crippen molar-refractivity contribution in [2.45, 2.75) is 6.92 Å². The zero-order valence-corrected chi connectivity index (χ0v) is 15.9. The Kier molecular flexibility index (Phi) is 6.80. The smallest absolute Gasteiger partial charge is 0.331 e. The largest absolute Gasteiger partial charge is 0.504 e. The van der Waals surface area contributed by atoms with Gasteiger partial charge in [-0.2, -0.15) is 0 Å². The molecule has 1 amide bonds. The van der Waals surface area contributed by atoms with Crippen molar-refractivity contribution < 1.29 is 24.2 Å². The van der Waals surface area contributed by atoms with Crippen molar-refractivity contribution in [2.24, 2.45) is 0 Å². The summed E-state index contributed by atoms with van der Waals surface area (Å²) in [6, 6.07) is 10.1. The second-order valence-electron chi connectivity index (χ2n) is 5.40. The number of aromatic hydroxyl groups is 1. The third-order valence-corrected chi connectivity index (χ3v) is 4.02. The predicted octanol–water partition coefficient (Wildman–Crippen LogP) is 3.67. The average molecular weight is 420 g/mol. The number of carbonyl (C=O) groups is 2. The molecule has 0 aliphatic rings. The second-order valence-corrected chi connectivity index (χ2v) is 6.26. The van der Waals surface area contributed by atoms with Crippen LogP contribution in [0.2, 0.25) is 0 Å². The zero-order valence-electron chi connectivity index (χ0n) is 14.3. The van der Waals surface area contributed by atoms with Gasteiger partial charge in [-0.15, -0.1) is 0 Å². The first-order valence-corrected chi connectivity index (χ1v) is 8.46. The van der Waals surface area contributed by atoms with Crippen LogP contribution in [0.3, 0.4) is 0 Å². The number of esters is 1. The van der Waals surface area contributed by atoms with Gasteiger partial charge in [0.05, 0.1) is 12.8 Å². The molecule has 0 fully saturated rings. The van der Waals surface area contributed by atoms with Gasteiger partial charge in [-0.25, -0.2) is 4.79 Å². The molecular weight excluding hydrogens is 402 g/mol. The highest BCUT2D eigenvalue weighted by Gasteiger charge is 2.08. The molecule has 0 heterocycles. The molecule has 0 unspecified atom stereocenters. The lowest BCUT2D eigenvalue weighted by Gasteiger charge is -2.08. The van der Waals surface area contributed by atoms with E-state index >= 15 is 0 Å². The molecular formula is C19H18BrNO5. The van der Waals surface area contributed by atoms with E-state index < -0.39 is 18.5 Å². The Hall–Kier alpha value is -2.80. The SMILES string of the molecule is COc1cc(C=CC(=O)OCC(=O)Nc2ccc(C)cc2Br)ccc1O. The average Bonchev–Trinajstić information content (AvgIpc) is 2.61. The summed E-state index contributed by atoms with van der Waals surface area (Å²) in [5.41, 5.74) is 2.30. The number of ether oxygens (including phenoxy) is 2. The zero-order chi connectivity index (χ0) is 19.1. The normalized spacial score (nSPS) is 10.6. The van der Waals surface area contributed by atoms with E-state index in [0.717, 1.165) is 10.0 Å². The Balaban J connectivity index is 1.87. The molecule has 2 aromatic carbocycles.